The van der Waals surface area contributed by atoms with Gasteiger partial charge in [-0.1, -0.05) is 0 Å². The molecule has 0 saturated carbocycles. The van der Waals surface area contributed by atoms with E-state index >= 15 is 0 Å². The molecule has 0 fully saturated rings. The summed E-state index contributed by atoms with van der Waals surface area (Å²) in [5.41, 5.74) is 0.128. The summed E-state index contributed by atoms with van der Waals surface area (Å²) in [6.45, 7) is 0. The average Bonchev–Trinajstić information content (AvgIpc) is 2.39. The van der Waals surface area contributed by atoms with E-state index in [0.29, 0.717) is 10.3 Å². The molecule has 2 rings (SSSR count). The second-order valence-electron chi connectivity index (χ2n) is 3.72. The third-order valence-electron chi connectivity index (χ3n) is 2.34. The number of aromatic nitrogens is 1. The van der Waals surface area contributed by atoms with Crippen LogP contribution in [0.3, 0.4) is 0 Å². The van der Waals surface area contributed by atoms with Crippen LogP contribution in [0.1, 0.15) is 5.56 Å². The van der Waals surface area contributed by atoms with Crippen LogP contribution in [0, 0.1) is 10.1 Å². The largest absolute Gasteiger partial charge is 0.507 e. The fourth-order valence-corrected chi connectivity index (χ4v) is 2.48. The van der Waals surface area contributed by atoms with Crippen LogP contribution in [0.5, 0.6) is 5.75 Å². The number of non-ortho nitro benzene ring substituents is 1. The number of aliphatic imine (C=N–C) groups is 1. The lowest BCUT2D eigenvalue weighted by Gasteiger charge is -2.00. The number of halogens is 2. The standard InChI is InChI=1S/C12H7Br2N3O3/c13-8-4-10(14)12(16-6-8)15-5-7-3-9(17(19)20)1-2-11(7)18/h1-6,18H. The molecule has 0 unspecified atom stereocenters. The molecular formula is C12H7Br2N3O3. The number of aromatic hydroxyl groups is 1. The van der Waals surface area contributed by atoms with Gasteiger partial charge >= 0.3 is 0 Å². The Balaban J connectivity index is 2.35. The number of hydrogen-bond donors (Lipinski definition) is 1. The number of nitro groups is 1. The predicted octanol–water partition coefficient (Wildman–Crippen LogP) is 3.97. The lowest BCUT2D eigenvalue weighted by molar-refractivity contribution is -0.384. The van der Waals surface area contributed by atoms with E-state index in [1.807, 2.05) is 0 Å². The molecular weight excluding hydrogens is 394 g/mol. The van der Waals surface area contributed by atoms with Gasteiger partial charge in [-0.25, -0.2) is 9.98 Å². The first kappa shape index (κ1) is 14.6. The van der Waals surface area contributed by atoms with Crippen molar-refractivity contribution in [3.05, 3.63) is 55.1 Å². The molecule has 0 spiro atoms. The summed E-state index contributed by atoms with van der Waals surface area (Å²) < 4.78 is 1.45. The number of nitrogens with zero attached hydrogens (tertiary/aromatic N) is 3. The van der Waals surface area contributed by atoms with Crippen LogP contribution in [-0.2, 0) is 0 Å². The molecule has 1 N–H and O–H groups in total. The van der Waals surface area contributed by atoms with Crippen molar-refractivity contribution in [2.45, 2.75) is 0 Å². The highest BCUT2D eigenvalue weighted by Crippen LogP contribution is 2.27. The number of phenols is 1. The fourth-order valence-electron chi connectivity index (χ4n) is 1.39. The van der Waals surface area contributed by atoms with Crippen LogP contribution in [-0.4, -0.2) is 21.2 Å². The third kappa shape index (κ3) is 3.40. The van der Waals surface area contributed by atoms with E-state index < -0.39 is 4.92 Å². The molecule has 102 valence electrons. The van der Waals surface area contributed by atoms with E-state index in [2.05, 4.69) is 41.8 Å². The van der Waals surface area contributed by atoms with Gasteiger partial charge in [-0.3, -0.25) is 10.1 Å². The molecule has 0 atom stereocenters. The van der Waals surface area contributed by atoms with Crippen molar-refractivity contribution in [2.75, 3.05) is 0 Å². The quantitative estimate of drug-likeness (QED) is 0.479. The first-order chi connectivity index (χ1) is 9.47. The summed E-state index contributed by atoms with van der Waals surface area (Å²) in [6, 6.07) is 5.49. The molecule has 0 radical (unpaired) electrons. The molecule has 6 nitrogen and oxygen atoms in total. The first-order valence-corrected chi connectivity index (χ1v) is 6.88. The minimum Gasteiger partial charge on any atom is -0.507 e. The molecule has 0 bridgehead atoms. The highest BCUT2D eigenvalue weighted by atomic mass is 79.9. The van der Waals surface area contributed by atoms with E-state index in [4.69, 9.17) is 0 Å². The summed E-state index contributed by atoms with van der Waals surface area (Å²) in [4.78, 5) is 18.3. The van der Waals surface area contributed by atoms with E-state index in [1.165, 1.54) is 24.4 Å². The molecule has 20 heavy (non-hydrogen) atoms. The topological polar surface area (TPSA) is 88.6 Å². The molecule has 2 aromatic rings. The van der Waals surface area contributed by atoms with Crippen LogP contribution < -0.4 is 0 Å². The maximum absolute atomic E-state index is 10.7. The summed E-state index contributed by atoms with van der Waals surface area (Å²) >= 11 is 6.57. The van der Waals surface area contributed by atoms with Gasteiger partial charge in [0, 0.05) is 34.6 Å². The van der Waals surface area contributed by atoms with Crippen LogP contribution in [0.2, 0.25) is 0 Å². The Hall–Kier alpha value is -1.80. The molecule has 0 amide bonds. The van der Waals surface area contributed by atoms with Gasteiger partial charge in [0.05, 0.1) is 9.40 Å². The Bertz CT molecular complexity index is 704. The number of benzene rings is 1. The van der Waals surface area contributed by atoms with E-state index in [9.17, 15) is 15.2 Å². The van der Waals surface area contributed by atoms with Gasteiger partial charge in [0.2, 0.25) is 0 Å². The number of pyridine rings is 1. The van der Waals surface area contributed by atoms with Crippen molar-refractivity contribution in [3.8, 4) is 5.75 Å². The van der Waals surface area contributed by atoms with Gasteiger partial charge in [0.25, 0.3) is 5.69 Å². The number of nitro benzene ring substituents is 1. The normalized spacial score (nSPS) is 10.9. The predicted molar refractivity (Wildman–Crippen MR) is 81.7 cm³/mol. The Labute approximate surface area is 130 Å². The van der Waals surface area contributed by atoms with Gasteiger partial charge in [-0.05, 0) is 44.0 Å². The van der Waals surface area contributed by atoms with Gasteiger partial charge in [0.1, 0.15) is 5.75 Å². The smallest absolute Gasteiger partial charge is 0.270 e. The molecule has 1 aromatic carbocycles. The van der Waals surface area contributed by atoms with Crippen molar-refractivity contribution >= 4 is 49.6 Å². The van der Waals surface area contributed by atoms with Gasteiger partial charge in [-0.15, -0.1) is 0 Å². The van der Waals surface area contributed by atoms with Gasteiger partial charge in [-0.2, -0.15) is 0 Å². The van der Waals surface area contributed by atoms with Crippen molar-refractivity contribution in [1.82, 2.24) is 4.98 Å². The number of phenolic OH excluding ortho intramolecular Hbond substituents is 1. The van der Waals surface area contributed by atoms with E-state index in [0.717, 1.165) is 4.47 Å². The average molecular weight is 401 g/mol. The minimum absolute atomic E-state index is 0.0902. The Morgan fingerprint density at radius 3 is 2.75 bits per heavy atom. The lowest BCUT2D eigenvalue weighted by atomic mass is 10.2. The Morgan fingerprint density at radius 1 is 1.35 bits per heavy atom. The highest BCUT2D eigenvalue weighted by Gasteiger charge is 2.09. The van der Waals surface area contributed by atoms with Crippen molar-refractivity contribution < 1.29 is 10.0 Å². The second kappa shape index (κ2) is 6.10. The number of hydrogen-bond acceptors (Lipinski definition) is 5. The molecule has 0 aliphatic heterocycles. The van der Waals surface area contributed by atoms with Gasteiger partial charge < -0.3 is 5.11 Å². The van der Waals surface area contributed by atoms with Crippen LogP contribution in [0.4, 0.5) is 11.5 Å². The van der Waals surface area contributed by atoms with E-state index in [1.54, 1.807) is 12.3 Å². The molecule has 8 heteroatoms. The van der Waals surface area contributed by atoms with Gasteiger partial charge in [0.15, 0.2) is 5.82 Å². The summed E-state index contributed by atoms with van der Waals surface area (Å²) in [5.74, 6) is 0.312. The zero-order valence-corrected chi connectivity index (χ0v) is 13.0. The van der Waals surface area contributed by atoms with E-state index in [-0.39, 0.29) is 17.0 Å². The molecule has 1 heterocycles. The minimum atomic E-state index is -0.537. The summed E-state index contributed by atoms with van der Waals surface area (Å²) in [5, 5.41) is 20.3. The van der Waals surface area contributed by atoms with Crippen LogP contribution in [0.15, 0.2) is 44.4 Å². The monoisotopic (exact) mass is 399 g/mol. The van der Waals surface area contributed by atoms with Crippen LogP contribution >= 0.6 is 31.9 Å². The third-order valence-corrected chi connectivity index (χ3v) is 3.35. The van der Waals surface area contributed by atoms with Crippen molar-refractivity contribution in [3.63, 3.8) is 0 Å². The van der Waals surface area contributed by atoms with Crippen molar-refractivity contribution in [1.29, 1.82) is 0 Å². The maximum Gasteiger partial charge on any atom is 0.270 e. The SMILES string of the molecule is O=[N+]([O-])c1ccc(O)c(C=Nc2ncc(Br)cc2Br)c1. The molecule has 1 aromatic heterocycles. The molecule has 0 saturated heterocycles. The molecule has 0 aliphatic carbocycles. The zero-order chi connectivity index (χ0) is 14.7. The first-order valence-electron chi connectivity index (χ1n) is 5.30. The van der Waals surface area contributed by atoms with Crippen LogP contribution in [0.25, 0.3) is 0 Å². The Morgan fingerprint density at radius 2 is 2.10 bits per heavy atom. The highest BCUT2D eigenvalue weighted by molar-refractivity contribution is 9.11. The summed E-state index contributed by atoms with van der Waals surface area (Å²) in [6.07, 6.45) is 2.90. The zero-order valence-electron chi connectivity index (χ0n) is 9.83. The summed E-state index contributed by atoms with van der Waals surface area (Å²) in [7, 11) is 0. The second-order valence-corrected chi connectivity index (χ2v) is 5.49. The fraction of sp³-hybridized carbons (Fsp3) is 0. The Kier molecular flexibility index (Phi) is 4.46. The lowest BCUT2D eigenvalue weighted by Crippen LogP contribution is -1.90. The maximum atomic E-state index is 10.7. The number of rotatable bonds is 3. The van der Waals surface area contributed by atoms with Crippen molar-refractivity contribution in [2.24, 2.45) is 4.99 Å². The molecule has 0 aliphatic rings.